The van der Waals surface area contributed by atoms with Crippen LogP contribution in [0.15, 0.2) is 29.9 Å². The van der Waals surface area contributed by atoms with E-state index in [0.29, 0.717) is 12.5 Å². The van der Waals surface area contributed by atoms with E-state index in [9.17, 15) is 0 Å². The van der Waals surface area contributed by atoms with E-state index in [4.69, 9.17) is 21.1 Å². The van der Waals surface area contributed by atoms with Gasteiger partial charge in [0.15, 0.2) is 0 Å². The molecule has 17 heavy (non-hydrogen) atoms. The summed E-state index contributed by atoms with van der Waals surface area (Å²) in [7, 11) is 1.63. The van der Waals surface area contributed by atoms with Gasteiger partial charge in [-0.25, -0.2) is 0 Å². The number of hydrogen-bond donors (Lipinski definition) is 0. The standard InChI is InChI=1S/C12H12ClNO2S/c1-15-10-3-2-9(5-13)12(4-10)16-7-11-6-14-8-17-11/h2-4,6,8H,5,7H2,1H3. The van der Waals surface area contributed by atoms with Crippen molar-refractivity contribution in [2.24, 2.45) is 0 Å². The van der Waals surface area contributed by atoms with Gasteiger partial charge in [0.05, 0.1) is 23.4 Å². The highest BCUT2D eigenvalue weighted by Crippen LogP contribution is 2.27. The Labute approximate surface area is 109 Å². The van der Waals surface area contributed by atoms with E-state index in [1.54, 1.807) is 30.2 Å². The molecule has 0 aliphatic heterocycles. The predicted molar refractivity (Wildman–Crippen MR) is 69.0 cm³/mol. The van der Waals surface area contributed by atoms with Crippen LogP contribution in [-0.4, -0.2) is 12.1 Å². The highest BCUT2D eigenvalue weighted by Gasteiger charge is 2.06. The van der Waals surface area contributed by atoms with Gasteiger partial charge in [-0.3, -0.25) is 4.98 Å². The topological polar surface area (TPSA) is 31.4 Å². The molecule has 2 aromatic rings. The van der Waals surface area contributed by atoms with Crippen LogP contribution < -0.4 is 9.47 Å². The van der Waals surface area contributed by atoms with Gasteiger partial charge in [0.25, 0.3) is 0 Å². The van der Waals surface area contributed by atoms with Crippen LogP contribution in [0.5, 0.6) is 11.5 Å². The van der Waals surface area contributed by atoms with Gasteiger partial charge in [-0.1, -0.05) is 6.07 Å². The molecule has 0 atom stereocenters. The molecule has 0 spiro atoms. The molecule has 0 saturated heterocycles. The fourth-order valence-electron chi connectivity index (χ4n) is 1.37. The number of ether oxygens (including phenoxy) is 2. The van der Waals surface area contributed by atoms with Crippen LogP contribution in [0.4, 0.5) is 0 Å². The number of nitrogens with zero attached hydrogens (tertiary/aromatic N) is 1. The third-order valence-corrected chi connectivity index (χ3v) is 3.31. The first-order valence-corrected chi connectivity index (χ1v) is 6.48. The lowest BCUT2D eigenvalue weighted by Crippen LogP contribution is -1.97. The Balaban J connectivity index is 2.12. The lowest BCUT2D eigenvalue weighted by atomic mass is 10.2. The average molecular weight is 270 g/mol. The fraction of sp³-hybridized carbons (Fsp3) is 0.250. The van der Waals surface area contributed by atoms with Gasteiger partial charge in [0.1, 0.15) is 18.1 Å². The predicted octanol–water partition coefficient (Wildman–Crippen LogP) is 3.47. The molecule has 0 aliphatic carbocycles. The van der Waals surface area contributed by atoms with E-state index >= 15 is 0 Å². The maximum Gasteiger partial charge on any atom is 0.127 e. The Morgan fingerprint density at radius 3 is 2.94 bits per heavy atom. The molecular formula is C12H12ClNO2S. The van der Waals surface area contributed by atoms with Crippen LogP contribution in [0, 0.1) is 0 Å². The van der Waals surface area contributed by atoms with E-state index in [0.717, 1.165) is 21.9 Å². The second kappa shape index (κ2) is 5.89. The summed E-state index contributed by atoms with van der Waals surface area (Å²) in [6, 6.07) is 5.63. The van der Waals surface area contributed by atoms with Crippen LogP contribution in [0.1, 0.15) is 10.4 Å². The van der Waals surface area contributed by atoms with Gasteiger partial charge in [-0.15, -0.1) is 22.9 Å². The minimum absolute atomic E-state index is 0.419. The Bertz CT molecular complexity index is 473. The second-order valence-corrected chi connectivity index (χ2v) is 4.60. The van der Waals surface area contributed by atoms with E-state index in [2.05, 4.69) is 4.98 Å². The van der Waals surface area contributed by atoms with E-state index in [1.165, 1.54) is 0 Å². The molecular weight excluding hydrogens is 258 g/mol. The summed E-state index contributed by atoms with van der Waals surface area (Å²) in [5.41, 5.74) is 2.74. The number of thiazole rings is 1. The first kappa shape index (κ1) is 12.2. The summed E-state index contributed by atoms with van der Waals surface area (Å²) in [6.07, 6.45) is 1.80. The molecule has 0 radical (unpaired) electrons. The molecule has 0 N–H and O–H groups in total. The van der Waals surface area contributed by atoms with Gasteiger partial charge in [-0.05, 0) is 6.07 Å². The fourth-order valence-corrected chi connectivity index (χ4v) is 2.10. The van der Waals surface area contributed by atoms with E-state index in [-0.39, 0.29) is 0 Å². The second-order valence-electron chi connectivity index (χ2n) is 3.36. The third kappa shape index (κ3) is 3.11. The van der Waals surface area contributed by atoms with Crippen molar-refractivity contribution in [2.75, 3.05) is 7.11 Å². The number of hydrogen-bond acceptors (Lipinski definition) is 4. The molecule has 0 saturated carbocycles. The number of benzene rings is 1. The molecule has 0 amide bonds. The third-order valence-electron chi connectivity index (χ3n) is 2.27. The summed E-state index contributed by atoms with van der Waals surface area (Å²) >= 11 is 7.42. The van der Waals surface area contributed by atoms with Crippen LogP contribution in [0.25, 0.3) is 0 Å². The maximum absolute atomic E-state index is 5.86. The minimum atomic E-state index is 0.419. The van der Waals surface area contributed by atoms with Gasteiger partial charge in [0, 0.05) is 17.8 Å². The lowest BCUT2D eigenvalue weighted by Gasteiger charge is -2.10. The zero-order valence-electron chi connectivity index (χ0n) is 9.35. The molecule has 0 aliphatic rings. The monoisotopic (exact) mass is 269 g/mol. The summed E-state index contributed by atoms with van der Waals surface area (Å²) in [4.78, 5) is 5.08. The molecule has 0 bridgehead atoms. The SMILES string of the molecule is COc1ccc(CCl)c(OCc2cncs2)c1. The van der Waals surface area contributed by atoms with Gasteiger partial charge in [0.2, 0.25) is 0 Å². The van der Waals surface area contributed by atoms with Crippen molar-refractivity contribution in [3.63, 3.8) is 0 Å². The van der Waals surface area contributed by atoms with Crippen molar-refractivity contribution < 1.29 is 9.47 Å². The number of halogens is 1. The van der Waals surface area contributed by atoms with Crippen molar-refractivity contribution in [1.29, 1.82) is 0 Å². The van der Waals surface area contributed by atoms with Gasteiger partial charge >= 0.3 is 0 Å². The van der Waals surface area contributed by atoms with Crippen LogP contribution in [-0.2, 0) is 12.5 Å². The summed E-state index contributed by atoms with van der Waals surface area (Å²) < 4.78 is 10.9. The summed E-state index contributed by atoms with van der Waals surface area (Å²) in [6.45, 7) is 0.502. The lowest BCUT2D eigenvalue weighted by molar-refractivity contribution is 0.304. The molecule has 1 heterocycles. The van der Waals surface area contributed by atoms with Crippen molar-refractivity contribution in [1.82, 2.24) is 4.98 Å². The molecule has 0 unspecified atom stereocenters. The van der Waals surface area contributed by atoms with Crippen molar-refractivity contribution in [2.45, 2.75) is 12.5 Å². The Hall–Kier alpha value is -1.26. The summed E-state index contributed by atoms with van der Waals surface area (Å²) in [5.74, 6) is 1.94. The molecule has 2 rings (SSSR count). The zero-order chi connectivity index (χ0) is 12.1. The molecule has 0 fully saturated rings. The molecule has 5 heteroatoms. The zero-order valence-corrected chi connectivity index (χ0v) is 10.9. The Kier molecular flexibility index (Phi) is 4.23. The number of methoxy groups -OCH3 is 1. The van der Waals surface area contributed by atoms with Crippen LogP contribution in [0.3, 0.4) is 0 Å². The van der Waals surface area contributed by atoms with Crippen molar-refractivity contribution >= 4 is 22.9 Å². The average Bonchev–Trinajstić information content (AvgIpc) is 2.89. The molecule has 1 aromatic carbocycles. The quantitative estimate of drug-likeness (QED) is 0.779. The Morgan fingerprint density at radius 2 is 2.29 bits per heavy atom. The first-order chi connectivity index (χ1) is 8.33. The number of aromatic nitrogens is 1. The number of alkyl halides is 1. The number of rotatable bonds is 5. The van der Waals surface area contributed by atoms with E-state index < -0.39 is 0 Å². The summed E-state index contributed by atoms with van der Waals surface area (Å²) in [5, 5.41) is 0. The van der Waals surface area contributed by atoms with Gasteiger partial charge < -0.3 is 9.47 Å². The highest BCUT2D eigenvalue weighted by atomic mass is 35.5. The van der Waals surface area contributed by atoms with Crippen molar-refractivity contribution in [3.05, 3.63) is 40.3 Å². The molecule has 1 aromatic heterocycles. The minimum Gasteiger partial charge on any atom is -0.497 e. The smallest absolute Gasteiger partial charge is 0.127 e. The normalized spacial score (nSPS) is 10.2. The van der Waals surface area contributed by atoms with Crippen LogP contribution >= 0.6 is 22.9 Å². The highest BCUT2D eigenvalue weighted by molar-refractivity contribution is 7.09. The van der Waals surface area contributed by atoms with Crippen molar-refractivity contribution in [3.8, 4) is 11.5 Å². The molecule has 3 nitrogen and oxygen atoms in total. The van der Waals surface area contributed by atoms with Crippen LogP contribution in [0.2, 0.25) is 0 Å². The first-order valence-electron chi connectivity index (χ1n) is 5.06. The largest absolute Gasteiger partial charge is 0.497 e. The maximum atomic E-state index is 5.86. The van der Waals surface area contributed by atoms with E-state index in [1.807, 2.05) is 18.2 Å². The molecule has 90 valence electrons. The Morgan fingerprint density at radius 1 is 1.41 bits per heavy atom. The van der Waals surface area contributed by atoms with Gasteiger partial charge in [-0.2, -0.15) is 0 Å².